The Hall–Kier alpha value is -2.28. The van der Waals surface area contributed by atoms with Crippen molar-refractivity contribution < 1.29 is 4.79 Å². The van der Waals surface area contributed by atoms with Crippen molar-refractivity contribution in [2.75, 3.05) is 5.43 Å². The molecule has 7 heteroatoms. The van der Waals surface area contributed by atoms with E-state index in [0.717, 1.165) is 17.1 Å². The highest BCUT2D eigenvalue weighted by molar-refractivity contribution is 7.10. The molecule has 1 heterocycles. The second kappa shape index (κ2) is 5.17. The van der Waals surface area contributed by atoms with Crippen LogP contribution < -0.4 is 11.2 Å². The summed E-state index contributed by atoms with van der Waals surface area (Å²) >= 11 is 1.03. The van der Waals surface area contributed by atoms with E-state index in [-0.39, 0.29) is 5.69 Å². The normalized spacial score (nSPS) is 10.6. The zero-order chi connectivity index (χ0) is 12.1. The van der Waals surface area contributed by atoms with Gasteiger partial charge in [-0.15, -0.1) is 5.10 Å². The van der Waals surface area contributed by atoms with Gasteiger partial charge in [0.15, 0.2) is 10.7 Å². The predicted molar refractivity (Wildman–Crippen MR) is 66.1 cm³/mol. The Morgan fingerprint density at radius 1 is 1.41 bits per heavy atom. The molecular weight excluding hydrogens is 238 g/mol. The molecule has 0 radical (unpaired) electrons. The monoisotopic (exact) mass is 247 g/mol. The molecule has 3 N–H and O–H groups in total. The van der Waals surface area contributed by atoms with Crippen LogP contribution in [0.25, 0.3) is 0 Å². The summed E-state index contributed by atoms with van der Waals surface area (Å²) in [6.45, 7) is 0. The lowest BCUT2D eigenvalue weighted by Crippen LogP contribution is -2.13. The van der Waals surface area contributed by atoms with Gasteiger partial charge in [-0.2, -0.15) is 5.10 Å². The third-order valence-electron chi connectivity index (χ3n) is 1.90. The third-order valence-corrected chi connectivity index (χ3v) is 2.53. The van der Waals surface area contributed by atoms with Crippen molar-refractivity contribution >= 4 is 28.7 Å². The van der Waals surface area contributed by atoms with Crippen molar-refractivity contribution in [2.45, 2.75) is 0 Å². The van der Waals surface area contributed by atoms with E-state index < -0.39 is 5.91 Å². The quantitative estimate of drug-likeness (QED) is 0.624. The minimum Gasteiger partial charge on any atom is -0.364 e. The van der Waals surface area contributed by atoms with Crippen LogP contribution in [0.4, 0.5) is 5.00 Å². The Balaban J connectivity index is 2.05. The second-order valence-electron chi connectivity index (χ2n) is 3.10. The fourth-order valence-electron chi connectivity index (χ4n) is 1.13. The highest BCUT2D eigenvalue weighted by atomic mass is 32.1. The molecule has 0 aliphatic rings. The maximum absolute atomic E-state index is 11.0. The van der Waals surface area contributed by atoms with E-state index in [9.17, 15) is 4.79 Å². The molecule has 0 fully saturated rings. The number of nitrogens with one attached hydrogen (secondary N) is 1. The lowest BCUT2D eigenvalue weighted by Gasteiger charge is -1.95. The Bertz CT molecular complexity index is 537. The van der Waals surface area contributed by atoms with Gasteiger partial charge < -0.3 is 5.73 Å². The predicted octanol–water partition coefficient (Wildman–Crippen LogP) is 1.08. The molecule has 2 rings (SSSR count). The molecule has 2 aromatic rings. The van der Waals surface area contributed by atoms with E-state index in [2.05, 4.69) is 20.1 Å². The highest BCUT2D eigenvalue weighted by Crippen LogP contribution is 2.16. The number of hydrogen-bond acceptors (Lipinski definition) is 6. The number of amides is 1. The van der Waals surface area contributed by atoms with Crippen molar-refractivity contribution in [2.24, 2.45) is 10.8 Å². The number of carbonyl (C=O) groups is 1. The van der Waals surface area contributed by atoms with Crippen molar-refractivity contribution in [1.82, 2.24) is 9.59 Å². The van der Waals surface area contributed by atoms with Crippen molar-refractivity contribution in [1.29, 1.82) is 0 Å². The summed E-state index contributed by atoms with van der Waals surface area (Å²) in [6, 6.07) is 9.55. The molecule has 0 spiro atoms. The van der Waals surface area contributed by atoms with E-state index in [1.807, 2.05) is 30.3 Å². The van der Waals surface area contributed by atoms with E-state index in [1.165, 1.54) is 0 Å². The summed E-state index contributed by atoms with van der Waals surface area (Å²) < 4.78 is 3.62. The molecule has 0 atom stereocenters. The van der Waals surface area contributed by atoms with Crippen molar-refractivity contribution in [3.8, 4) is 0 Å². The molecule has 6 nitrogen and oxygen atoms in total. The fourth-order valence-corrected chi connectivity index (χ4v) is 1.66. The maximum Gasteiger partial charge on any atom is 0.272 e. The Kier molecular flexibility index (Phi) is 3.41. The molecule has 0 unspecified atom stereocenters. The van der Waals surface area contributed by atoms with Gasteiger partial charge in [0.25, 0.3) is 5.91 Å². The number of rotatable bonds is 4. The molecule has 1 aromatic heterocycles. The van der Waals surface area contributed by atoms with Gasteiger partial charge in [-0.3, -0.25) is 10.2 Å². The van der Waals surface area contributed by atoms with Crippen molar-refractivity contribution in [3.05, 3.63) is 41.6 Å². The first kappa shape index (κ1) is 11.2. The molecule has 0 saturated heterocycles. The summed E-state index contributed by atoms with van der Waals surface area (Å²) in [5.41, 5.74) is 8.84. The van der Waals surface area contributed by atoms with Crippen LogP contribution in [0.3, 0.4) is 0 Å². The summed E-state index contributed by atoms with van der Waals surface area (Å²) in [4.78, 5) is 11.0. The molecule has 86 valence electrons. The maximum atomic E-state index is 11.0. The van der Waals surface area contributed by atoms with Crippen LogP contribution in [-0.2, 0) is 0 Å². The smallest absolute Gasteiger partial charge is 0.272 e. The molecular formula is C10H9N5OS. The lowest BCUT2D eigenvalue weighted by atomic mass is 10.2. The molecule has 17 heavy (non-hydrogen) atoms. The summed E-state index contributed by atoms with van der Waals surface area (Å²) in [5, 5.41) is 8.01. The average Bonchev–Trinajstić information content (AvgIpc) is 2.79. The Labute approximate surface area is 101 Å². The van der Waals surface area contributed by atoms with Crippen LogP contribution in [0.2, 0.25) is 0 Å². The third kappa shape index (κ3) is 2.85. The topological polar surface area (TPSA) is 93.3 Å². The fraction of sp³-hybridized carbons (Fsp3) is 0. The lowest BCUT2D eigenvalue weighted by molar-refractivity contribution is 0.0996. The standard InChI is InChI=1S/C10H9N5OS/c11-9(16)8-10(17-15-13-8)14-12-6-7-4-2-1-3-5-7/h1-6,14H,(H2,11,16)/b12-6+. The second-order valence-corrected chi connectivity index (χ2v) is 3.85. The molecule has 1 aromatic carbocycles. The summed E-state index contributed by atoms with van der Waals surface area (Å²) in [5.74, 6) is -0.629. The minimum atomic E-state index is -0.629. The minimum absolute atomic E-state index is 0.0974. The molecule has 0 bridgehead atoms. The Morgan fingerprint density at radius 2 is 2.18 bits per heavy atom. The van der Waals surface area contributed by atoms with E-state index in [0.29, 0.717) is 5.00 Å². The van der Waals surface area contributed by atoms with Gasteiger partial charge in [-0.05, 0) is 5.56 Å². The molecule has 1 amide bonds. The van der Waals surface area contributed by atoms with Gasteiger partial charge in [0.1, 0.15) is 0 Å². The first-order valence-corrected chi connectivity index (χ1v) is 5.51. The van der Waals surface area contributed by atoms with Crippen LogP contribution in [0.5, 0.6) is 0 Å². The van der Waals surface area contributed by atoms with E-state index >= 15 is 0 Å². The number of anilines is 1. The zero-order valence-electron chi connectivity index (χ0n) is 8.70. The van der Waals surface area contributed by atoms with Gasteiger partial charge in [-0.1, -0.05) is 34.8 Å². The number of nitrogens with two attached hydrogens (primary N) is 1. The van der Waals surface area contributed by atoms with Gasteiger partial charge >= 0.3 is 0 Å². The number of primary amides is 1. The van der Waals surface area contributed by atoms with Crippen LogP contribution in [0.15, 0.2) is 35.4 Å². The number of hydrazone groups is 1. The molecule has 0 aliphatic carbocycles. The largest absolute Gasteiger partial charge is 0.364 e. The van der Waals surface area contributed by atoms with E-state index in [1.54, 1.807) is 6.21 Å². The highest BCUT2D eigenvalue weighted by Gasteiger charge is 2.12. The molecule has 0 saturated carbocycles. The first-order valence-electron chi connectivity index (χ1n) is 4.73. The van der Waals surface area contributed by atoms with Gasteiger partial charge in [0.05, 0.1) is 6.21 Å². The average molecular weight is 247 g/mol. The number of nitrogens with zero attached hydrogens (tertiary/aromatic N) is 3. The van der Waals surface area contributed by atoms with Crippen LogP contribution in [-0.4, -0.2) is 21.7 Å². The number of hydrogen-bond donors (Lipinski definition) is 2. The zero-order valence-corrected chi connectivity index (χ0v) is 9.52. The number of aromatic nitrogens is 2. The van der Waals surface area contributed by atoms with Gasteiger partial charge in [0.2, 0.25) is 0 Å². The van der Waals surface area contributed by atoms with Gasteiger partial charge in [-0.25, -0.2) is 0 Å². The Morgan fingerprint density at radius 3 is 2.88 bits per heavy atom. The molecule has 0 aliphatic heterocycles. The van der Waals surface area contributed by atoms with Crippen LogP contribution in [0.1, 0.15) is 16.1 Å². The summed E-state index contributed by atoms with van der Waals surface area (Å²) in [6.07, 6.45) is 1.63. The van der Waals surface area contributed by atoms with Crippen molar-refractivity contribution in [3.63, 3.8) is 0 Å². The number of benzene rings is 1. The van der Waals surface area contributed by atoms with Crippen LogP contribution >= 0.6 is 11.5 Å². The van der Waals surface area contributed by atoms with Gasteiger partial charge in [0, 0.05) is 11.5 Å². The first-order chi connectivity index (χ1) is 8.27. The summed E-state index contributed by atoms with van der Waals surface area (Å²) in [7, 11) is 0. The van der Waals surface area contributed by atoms with E-state index in [4.69, 9.17) is 5.73 Å². The van der Waals surface area contributed by atoms with Crippen LogP contribution in [0, 0.1) is 0 Å². The number of carbonyl (C=O) groups excluding carboxylic acids is 1. The SMILES string of the molecule is NC(=O)c1nnsc1N/N=C/c1ccccc1.